The summed E-state index contributed by atoms with van der Waals surface area (Å²) in [6.45, 7) is 6.89. The van der Waals surface area contributed by atoms with E-state index in [4.69, 9.17) is 0 Å². The quantitative estimate of drug-likeness (QED) is 0.664. The Morgan fingerprint density at radius 2 is 2.58 bits per heavy atom. The molecule has 0 aliphatic heterocycles. The fourth-order valence-corrected chi connectivity index (χ4v) is 2.45. The second-order valence-electron chi connectivity index (χ2n) is 2.46. The van der Waals surface area contributed by atoms with E-state index < -0.39 is 0 Å². The van der Waals surface area contributed by atoms with E-state index in [1.807, 2.05) is 6.08 Å². The lowest BCUT2D eigenvalue weighted by molar-refractivity contribution is 0.651. The molecule has 3 heteroatoms. The summed E-state index contributed by atoms with van der Waals surface area (Å²) in [5.74, 6) is 0. The van der Waals surface area contributed by atoms with Gasteiger partial charge in [-0.3, -0.25) is 0 Å². The SMILES string of the molecule is C=CC(NCC)c1csc(I)c1. The molecule has 0 spiro atoms. The molecule has 0 aromatic carbocycles. The standard InChI is InChI=1S/C9H12INS/c1-3-8(11-4-2)7-5-9(10)12-6-7/h3,5-6,8,11H,1,4H2,2H3. The maximum absolute atomic E-state index is 3.80. The monoisotopic (exact) mass is 293 g/mol. The fourth-order valence-electron chi connectivity index (χ4n) is 1.04. The molecule has 0 aliphatic rings. The highest BCUT2D eigenvalue weighted by Crippen LogP contribution is 2.22. The van der Waals surface area contributed by atoms with Gasteiger partial charge in [-0.1, -0.05) is 13.0 Å². The van der Waals surface area contributed by atoms with Crippen LogP contribution in [0.15, 0.2) is 24.1 Å². The van der Waals surface area contributed by atoms with E-state index in [1.165, 1.54) is 8.45 Å². The Labute approximate surface area is 91.0 Å². The van der Waals surface area contributed by atoms with Gasteiger partial charge in [0.2, 0.25) is 0 Å². The summed E-state index contributed by atoms with van der Waals surface area (Å²) in [4.78, 5) is 0. The van der Waals surface area contributed by atoms with Crippen LogP contribution in [0.1, 0.15) is 18.5 Å². The van der Waals surface area contributed by atoms with Crippen LogP contribution < -0.4 is 5.32 Å². The van der Waals surface area contributed by atoms with E-state index in [-0.39, 0.29) is 0 Å². The molecule has 0 amide bonds. The molecule has 1 unspecified atom stereocenters. The molecule has 1 nitrogen and oxygen atoms in total. The topological polar surface area (TPSA) is 12.0 Å². The Bertz CT molecular complexity index is 257. The smallest absolute Gasteiger partial charge is 0.0656 e. The molecule has 0 aliphatic carbocycles. The first-order valence-electron chi connectivity index (χ1n) is 3.87. The molecule has 0 fully saturated rings. The first-order chi connectivity index (χ1) is 5.77. The van der Waals surface area contributed by atoms with Crippen molar-refractivity contribution < 1.29 is 0 Å². The highest BCUT2D eigenvalue weighted by molar-refractivity contribution is 14.1. The van der Waals surface area contributed by atoms with Gasteiger partial charge in [0.25, 0.3) is 0 Å². The molecule has 12 heavy (non-hydrogen) atoms. The summed E-state index contributed by atoms with van der Waals surface area (Å²) in [7, 11) is 0. The maximum atomic E-state index is 3.80. The van der Waals surface area contributed by atoms with Crippen LogP contribution in [0.4, 0.5) is 0 Å². The lowest BCUT2D eigenvalue weighted by Crippen LogP contribution is -2.17. The molecule has 1 aromatic rings. The average molecular weight is 293 g/mol. The summed E-state index contributed by atoms with van der Waals surface area (Å²) in [5, 5.41) is 5.52. The van der Waals surface area contributed by atoms with E-state index in [0.717, 1.165) is 6.54 Å². The van der Waals surface area contributed by atoms with Gasteiger partial charge < -0.3 is 5.32 Å². The molecule has 1 atom stereocenters. The first-order valence-corrected chi connectivity index (χ1v) is 5.83. The van der Waals surface area contributed by atoms with Crippen LogP contribution in [0.25, 0.3) is 0 Å². The van der Waals surface area contributed by atoms with Crippen LogP contribution in [0.3, 0.4) is 0 Å². The van der Waals surface area contributed by atoms with Gasteiger partial charge in [0.15, 0.2) is 0 Å². The Balaban J connectivity index is 2.72. The largest absolute Gasteiger partial charge is 0.307 e. The summed E-state index contributed by atoms with van der Waals surface area (Å²) >= 11 is 4.11. The molecule has 0 saturated carbocycles. The van der Waals surface area contributed by atoms with Crippen molar-refractivity contribution in [3.63, 3.8) is 0 Å². The van der Waals surface area contributed by atoms with Crippen LogP contribution in [-0.2, 0) is 0 Å². The maximum Gasteiger partial charge on any atom is 0.0656 e. The molecule has 1 rings (SSSR count). The van der Waals surface area contributed by atoms with Crippen molar-refractivity contribution in [3.05, 3.63) is 32.5 Å². The van der Waals surface area contributed by atoms with Gasteiger partial charge in [0.05, 0.1) is 8.93 Å². The predicted octanol–water partition coefficient (Wildman–Crippen LogP) is 3.19. The van der Waals surface area contributed by atoms with Crippen LogP contribution in [-0.4, -0.2) is 6.54 Å². The third-order valence-electron chi connectivity index (χ3n) is 1.61. The molecule has 1 aromatic heterocycles. The van der Waals surface area contributed by atoms with E-state index >= 15 is 0 Å². The normalized spacial score (nSPS) is 12.8. The van der Waals surface area contributed by atoms with Crippen LogP contribution in [0, 0.1) is 2.88 Å². The van der Waals surface area contributed by atoms with Crippen molar-refractivity contribution in [1.29, 1.82) is 0 Å². The number of hydrogen-bond donors (Lipinski definition) is 1. The van der Waals surface area contributed by atoms with Crippen molar-refractivity contribution in [1.82, 2.24) is 5.32 Å². The van der Waals surface area contributed by atoms with Gasteiger partial charge in [-0.15, -0.1) is 17.9 Å². The zero-order valence-corrected chi connectivity index (χ0v) is 9.98. The van der Waals surface area contributed by atoms with E-state index in [9.17, 15) is 0 Å². The van der Waals surface area contributed by atoms with Gasteiger partial charge in [-0.2, -0.15) is 0 Å². The molecule has 1 N–H and O–H groups in total. The molecule has 1 heterocycles. The molecular formula is C9H12INS. The summed E-state index contributed by atoms with van der Waals surface area (Å²) in [6, 6.07) is 2.51. The molecule has 66 valence electrons. The van der Waals surface area contributed by atoms with Crippen molar-refractivity contribution in [2.24, 2.45) is 0 Å². The highest BCUT2D eigenvalue weighted by Gasteiger charge is 2.06. The van der Waals surface area contributed by atoms with Gasteiger partial charge in [-0.25, -0.2) is 0 Å². The predicted molar refractivity (Wildman–Crippen MR) is 63.7 cm³/mol. The van der Waals surface area contributed by atoms with Gasteiger partial charge in [-0.05, 0) is 46.1 Å². The van der Waals surface area contributed by atoms with Crippen molar-refractivity contribution in [3.8, 4) is 0 Å². The fraction of sp³-hybridized carbons (Fsp3) is 0.333. The summed E-state index contributed by atoms with van der Waals surface area (Å²) in [6.07, 6.45) is 1.95. The van der Waals surface area contributed by atoms with Crippen molar-refractivity contribution in [2.75, 3.05) is 6.54 Å². The number of nitrogens with one attached hydrogen (secondary N) is 1. The summed E-state index contributed by atoms with van der Waals surface area (Å²) < 4.78 is 1.33. The van der Waals surface area contributed by atoms with Crippen molar-refractivity contribution in [2.45, 2.75) is 13.0 Å². The summed E-state index contributed by atoms with van der Waals surface area (Å²) in [5.41, 5.74) is 1.32. The minimum absolute atomic E-state index is 0.315. The van der Waals surface area contributed by atoms with E-state index in [0.29, 0.717) is 6.04 Å². The van der Waals surface area contributed by atoms with Crippen LogP contribution in [0.5, 0.6) is 0 Å². The number of rotatable bonds is 4. The second-order valence-corrected chi connectivity index (χ2v) is 5.26. The van der Waals surface area contributed by atoms with Gasteiger partial charge in [0, 0.05) is 0 Å². The number of halogens is 1. The Kier molecular flexibility index (Phi) is 4.25. The van der Waals surface area contributed by atoms with Gasteiger partial charge in [0.1, 0.15) is 0 Å². The first kappa shape index (κ1) is 10.2. The van der Waals surface area contributed by atoms with E-state index in [1.54, 1.807) is 11.3 Å². The average Bonchev–Trinajstić information content (AvgIpc) is 2.47. The number of hydrogen-bond acceptors (Lipinski definition) is 2. The molecular weight excluding hydrogens is 281 g/mol. The lowest BCUT2D eigenvalue weighted by atomic mass is 10.1. The zero-order valence-electron chi connectivity index (χ0n) is 7.01. The Morgan fingerprint density at radius 1 is 1.83 bits per heavy atom. The Hall–Kier alpha value is 0.130. The third-order valence-corrected chi connectivity index (χ3v) is 3.41. The number of thiophene rings is 1. The van der Waals surface area contributed by atoms with Crippen molar-refractivity contribution >= 4 is 33.9 Å². The van der Waals surface area contributed by atoms with Gasteiger partial charge >= 0.3 is 0 Å². The minimum atomic E-state index is 0.315. The van der Waals surface area contributed by atoms with Crippen LogP contribution in [0.2, 0.25) is 0 Å². The lowest BCUT2D eigenvalue weighted by Gasteiger charge is -2.10. The minimum Gasteiger partial charge on any atom is -0.307 e. The van der Waals surface area contributed by atoms with E-state index in [2.05, 4.69) is 52.9 Å². The molecule has 0 saturated heterocycles. The molecule has 0 bridgehead atoms. The van der Waals surface area contributed by atoms with Crippen LogP contribution >= 0.6 is 33.9 Å². The molecule has 0 radical (unpaired) electrons. The zero-order chi connectivity index (χ0) is 8.97. The number of likely N-dealkylation sites (N-methyl/N-ethyl adjacent to an activating group) is 1. The second kappa shape index (κ2) is 4.99. The third kappa shape index (κ3) is 2.57. The Morgan fingerprint density at radius 3 is 3.00 bits per heavy atom. The highest BCUT2D eigenvalue weighted by atomic mass is 127.